The van der Waals surface area contributed by atoms with Crippen molar-refractivity contribution in [2.75, 3.05) is 14.1 Å². The van der Waals surface area contributed by atoms with Gasteiger partial charge in [0.2, 0.25) is 5.91 Å². The van der Waals surface area contributed by atoms with Crippen LogP contribution < -0.4 is 0 Å². The zero-order chi connectivity index (χ0) is 13.5. The van der Waals surface area contributed by atoms with E-state index in [0.717, 1.165) is 12.8 Å². The number of nitrogens with one attached hydrogen (secondary N) is 1. The van der Waals surface area contributed by atoms with Crippen LogP contribution >= 0.6 is 0 Å². The maximum Gasteiger partial charge on any atom is 0.374 e. The average molecular weight is 250 g/mol. The van der Waals surface area contributed by atoms with Crippen LogP contribution in [0.5, 0.6) is 0 Å². The maximum absolute atomic E-state index is 11.9. The van der Waals surface area contributed by atoms with Crippen LogP contribution in [0, 0.1) is 11.3 Å². The second kappa shape index (κ2) is 6.91. The van der Waals surface area contributed by atoms with E-state index in [1.165, 1.54) is 7.48 Å². The summed E-state index contributed by atoms with van der Waals surface area (Å²) in [5, 5.41) is 10.6. The molecule has 8 heteroatoms. The number of hydrogen-bond donors (Lipinski definition) is 1. The Morgan fingerprint density at radius 3 is 2.89 bits per heavy atom. The fraction of sp³-hybridized carbons (Fsp3) is 0.800. The van der Waals surface area contributed by atoms with E-state index in [4.69, 9.17) is 15.6 Å². The van der Waals surface area contributed by atoms with E-state index in [1.807, 2.05) is 0 Å². The monoisotopic (exact) mass is 250 g/mol. The van der Waals surface area contributed by atoms with Crippen LogP contribution in [0.25, 0.3) is 10.4 Å². The van der Waals surface area contributed by atoms with Crippen molar-refractivity contribution in [3.63, 3.8) is 0 Å². The van der Waals surface area contributed by atoms with Crippen molar-refractivity contribution in [3.05, 3.63) is 10.4 Å². The molecule has 1 saturated carbocycles. The van der Waals surface area contributed by atoms with Gasteiger partial charge in [-0.3, -0.25) is 10.2 Å². The molecule has 0 saturated heterocycles. The van der Waals surface area contributed by atoms with E-state index in [0.29, 0.717) is 12.8 Å². The summed E-state index contributed by atoms with van der Waals surface area (Å²) in [5.41, 5.74) is 8.51. The third-order valence-electron chi connectivity index (χ3n) is 3.17. The van der Waals surface area contributed by atoms with Crippen LogP contribution in [0.1, 0.15) is 19.3 Å². The molecule has 1 fully saturated rings. The van der Waals surface area contributed by atoms with E-state index in [-0.39, 0.29) is 23.7 Å². The first-order chi connectivity index (χ1) is 8.60. The standard InChI is InChI=1S/C10H17BN5O2/c1-16(2)10(17)7-3-4-9(14-15-13)8(5-7)11-18-6-12/h6-9,12H,3-5H2,1-2H3/t7-,8+,9-/m0/s1. The topological polar surface area (TPSA) is 102 Å². The van der Waals surface area contributed by atoms with Crippen LogP contribution in [-0.2, 0) is 9.45 Å². The van der Waals surface area contributed by atoms with Gasteiger partial charge < -0.3 is 9.55 Å². The van der Waals surface area contributed by atoms with Gasteiger partial charge in [0.15, 0.2) is 0 Å². The fourth-order valence-corrected chi connectivity index (χ4v) is 2.28. The highest BCUT2D eigenvalue weighted by Crippen LogP contribution is 2.35. The summed E-state index contributed by atoms with van der Waals surface area (Å²) >= 11 is 0. The van der Waals surface area contributed by atoms with E-state index in [1.54, 1.807) is 19.0 Å². The predicted molar refractivity (Wildman–Crippen MR) is 68.3 cm³/mol. The minimum Gasteiger partial charge on any atom is -0.555 e. The Balaban J connectivity index is 2.68. The lowest BCUT2D eigenvalue weighted by Gasteiger charge is -2.32. The third kappa shape index (κ3) is 3.66. The molecule has 1 radical (unpaired) electrons. The van der Waals surface area contributed by atoms with Crippen molar-refractivity contribution >= 4 is 19.8 Å². The number of hydrogen-bond acceptors (Lipinski definition) is 4. The predicted octanol–water partition coefficient (Wildman–Crippen LogP) is 1.58. The van der Waals surface area contributed by atoms with Crippen molar-refractivity contribution in [2.24, 2.45) is 11.0 Å². The summed E-state index contributed by atoms with van der Waals surface area (Å²) in [6, 6.07) is -0.193. The number of carbonyl (C=O) groups excluding carboxylic acids is 1. The summed E-state index contributed by atoms with van der Waals surface area (Å²) in [5.74, 6) is -0.103. The van der Waals surface area contributed by atoms with E-state index in [2.05, 4.69) is 10.0 Å². The molecule has 0 heterocycles. The zero-order valence-electron chi connectivity index (χ0n) is 10.6. The molecule has 97 valence electrons. The Bertz CT molecular complexity index is 356. The molecule has 1 rings (SSSR count). The number of amides is 1. The second-order valence-corrected chi connectivity index (χ2v) is 4.57. The van der Waals surface area contributed by atoms with Crippen LogP contribution in [0.3, 0.4) is 0 Å². The second-order valence-electron chi connectivity index (χ2n) is 4.57. The fourth-order valence-electron chi connectivity index (χ4n) is 2.28. The molecule has 1 aliphatic carbocycles. The summed E-state index contributed by atoms with van der Waals surface area (Å²) in [4.78, 5) is 16.3. The van der Waals surface area contributed by atoms with E-state index < -0.39 is 0 Å². The quantitative estimate of drug-likeness (QED) is 0.200. The van der Waals surface area contributed by atoms with Gasteiger partial charge in [-0.15, -0.1) is 0 Å². The van der Waals surface area contributed by atoms with Crippen LogP contribution in [0.4, 0.5) is 0 Å². The molecule has 0 unspecified atom stereocenters. The van der Waals surface area contributed by atoms with Gasteiger partial charge in [0, 0.05) is 31.0 Å². The summed E-state index contributed by atoms with van der Waals surface area (Å²) in [6.07, 6.45) is 2.80. The highest BCUT2D eigenvalue weighted by molar-refractivity contribution is 6.32. The largest absolute Gasteiger partial charge is 0.555 e. The number of nitrogens with zero attached hydrogens (tertiary/aromatic N) is 4. The Morgan fingerprint density at radius 2 is 2.33 bits per heavy atom. The first-order valence-corrected chi connectivity index (χ1v) is 5.83. The normalized spacial score (nSPS) is 26.7. The van der Waals surface area contributed by atoms with Gasteiger partial charge in [-0.1, -0.05) is 5.11 Å². The lowest BCUT2D eigenvalue weighted by molar-refractivity contribution is -0.134. The van der Waals surface area contributed by atoms with Crippen LogP contribution in [0.15, 0.2) is 5.11 Å². The molecule has 18 heavy (non-hydrogen) atoms. The summed E-state index contributed by atoms with van der Waals surface area (Å²) in [6.45, 7) is 0. The van der Waals surface area contributed by atoms with Crippen LogP contribution in [0.2, 0.25) is 5.82 Å². The Hall–Kier alpha value is -1.69. The minimum absolute atomic E-state index is 0.0688. The third-order valence-corrected chi connectivity index (χ3v) is 3.17. The molecule has 0 spiro atoms. The number of carbonyl (C=O) groups is 1. The van der Waals surface area contributed by atoms with Crippen molar-refractivity contribution in [1.29, 1.82) is 5.41 Å². The highest BCUT2D eigenvalue weighted by atomic mass is 16.4. The molecule has 0 bridgehead atoms. The Morgan fingerprint density at radius 1 is 1.61 bits per heavy atom. The van der Waals surface area contributed by atoms with E-state index >= 15 is 0 Å². The van der Waals surface area contributed by atoms with Crippen molar-refractivity contribution in [2.45, 2.75) is 31.1 Å². The molecule has 1 N–H and O–H groups in total. The lowest BCUT2D eigenvalue weighted by atomic mass is 9.64. The summed E-state index contributed by atoms with van der Waals surface area (Å²) < 4.78 is 4.85. The molecule has 0 aromatic carbocycles. The van der Waals surface area contributed by atoms with Gasteiger partial charge in [0.25, 0.3) is 0 Å². The molecule has 7 nitrogen and oxygen atoms in total. The number of rotatable bonds is 5. The van der Waals surface area contributed by atoms with E-state index in [9.17, 15) is 4.79 Å². The SMILES string of the molecule is CN(C)C(=O)[C@H]1CC[C@H](N=[N+]=[N-])[C@H]([B]OC=N)C1. The molecule has 1 amide bonds. The van der Waals surface area contributed by atoms with Gasteiger partial charge in [-0.05, 0) is 30.6 Å². The number of azide groups is 1. The van der Waals surface area contributed by atoms with Gasteiger partial charge in [-0.25, -0.2) is 0 Å². The molecule has 1 aliphatic rings. The Labute approximate surface area is 107 Å². The van der Waals surface area contributed by atoms with Gasteiger partial charge in [0.1, 0.15) is 6.40 Å². The zero-order valence-corrected chi connectivity index (χ0v) is 10.6. The average Bonchev–Trinajstić information content (AvgIpc) is 2.36. The van der Waals surface area contributed by atoms with Crippen molar-refractivity contribution in [1.82, 2.24) is 4.90 Å². The first kappa shape index (κ1) is 14.4. The Kier molecular flexibility index (Phi) is 5.52. The van der Waals surface area contributed by atoms with Gasteiger partial charge >= 0.3 is 7.48 Å². The molecule has 0 aliphatic heterocycles. The summed E-state index contributed by atoms with van der Waals surface area (Å²) in [7, 11) is 4.95. The molecule has 3 atom stereocenters. The van der Waals surface area contributed by atoms with Crippen LogP contribution in [-0.4, -0.2) is 44.8 Å². The van der Waals surface area contributed by atoms with Crippen molar-refractivity contribution in [3.8, 4) is 0 Å². The van der Waals surface area contributed by atoms with Gasteiger partial charge in [0.05, 0.1) is 0 Å². The first-order valence-electron chi connectivity index (χ1n) is 5.83. The molecular weight excluding hydrogens is 233 g/mol. The van der Waals surface area contributed by atoms with Crippen molar-refractivity contribution < 1.29 is 9.45 Å². The minimum atomic E-state index is -0.193. The molecule has 0 aromatic heterocycles. The maximum atomic E-state index is 11.9. The lowest BCUT2D eigenvalue weighted by Crippen LogP contribution is -2.37. The smallest absolute Gasteiger partial charge is 0.374 e. The van der Waals surface area contributed by atoms with Gasteiger partial charge in [-0.2, -0.15) is 0 Å². The molecule has 0 aromatic rings. The highest BCUT2D eigenvalue weighted by Gasteiger charge is 2.35. The molecular formula is C10H17BN5O2.